The van der Waals surface area contributed by atoms with Crippen LogP contribution in [0, 0.1) is 0 Å². The number of aldehydes is 1. The normalized spacial score (nSPS) is 17.9. The van der Waals surface area contributed by atoms with Crippen molar-refractivity contribution in [2.24, 2.45) is 0 Å². The van der Waals surface area contributed by atoms with Crippen LogP contribution in [-0.4, -0.2) is 44.9 Å². The molecule has 0 aliphatic carbocycles. The third kappa shape index (κ3) is 2.33. The Bertz CT molecular complexity index is 611. The van der Waals surface area contributed by atoms with Crippen molar-refractivity contribution in [3.63, 3.8) is 0 Å². The average molecular weight is 272 g/mol. The summed E-state index contributed by atoms with van der Waals surface area (Å²) in [5.74, 6) is 1.28. The van der Waals surface area contributed by atoms with E-state index in [2.05, 4.69) is 28.8 Å². The molecule has 3 heterocycles. The fourth-order valence-electron chi connectivity index (χ4n) is 2.88. The Morgan fingerprint density at radius 1 is 1.35 bits per heavy atom. The summed E-state index contributed by atoms with van der Waals surface area (Å²) in [4.78, 5) is 18.1. The molecule has 0 N–H and O–H groups in total. The molecule has 1 aliphatic rings. The van der Waals surface area contributed by atoms with E-state index in [1.807, 2.05) is 12.3 Å². The van der Waals surface area contributed by atoms with Crippen molar-refractivity contribution in [1.29, 1.82) is 0 Å². The van der Waals surface area contributed by atoms with Gasteiger partial charge in [0.15, 0.2) is 17.8 Å². The maximum absolute atomic E-state index is 11.0. The van der Waals surface area contributed by atoms with Gasteiger partial charge in [-0.05, 0) is 51.9 Å². The molecule has 5 nitrogen and oxygen atoms in total. The first kappa shape index (κ1) is 13.2. The Morgan fingerprint density at radius 3 is 2.75 bits per heavy atom. The lowest BCUT2D eigenvalue weighted by atomic mass is 9.95. The summed E-state index contributed by atoms with van der Waals surface area (Å²) >= 11 is 0. The zero-order valence-corrected chi connectivity index (χ0v) is 12.0. The number of rotatable bonds is 3. The highest BCUT2D eigenvalue weighted by atomic mass is 16.1. The van der Waals surface area contributed by atoms with E-state index in [0.717, 1.165) is 38.0 Å². The molecule has 0 radical (unpaired) electrons. The van der Waals surface area contributed by atoms with Gasteiger partial charge in [0.25, 0.3) is 0 Å². The van der Waals surface area contributed by atoms with Gasteiger partial charge in [-0.2, -0.15) is 5.10 Å². The molecule has 0 amide bonds. The lowest BCUT2D eigenvalue weighted by molar-refractivity contribution is 0.112. The first-order valence-electron chi connectivity index (χ1n) is 7.23. The van der Waals surface area contributed by atoms with E-state index in [9.17, 15) is 4.79 Å². The highest BCUT2D eigenvalue weighted by Crippen LogP contribution is 2.27. The van der Waals surface area contributed by atoms with Gasteiger partial charge in [0, 0.05) is 18.2 Å². The van der Waals surface area contributed by atoms with E-state index in [4.69, 9.17) is 0 Å². The number of carbonyl (C=O) groups is 1. The predicted molar refractivity (Wildman–Crippen MR) is 77.1 cm³/mol. The minimum atomic E-state index is 0.407. The third-order valence-corrected chi connectivity index (χ3v) is 4.16. The monoisotopic (exact) mass is 272 g/mol. The Hall–Kier alpha value is -1.75. The number of likely N-dealkylation sites (tertiary alicyclic amines) is 1. The van der Waals surface area contributed by atoms with Crippen molar-refractivity contribution in [3.05, 3.63) is 29.7 Å². The average Bonchev–Trinajstić information content (AvgIpc) is 2.91. The predicted octanol–water partition coefficient (Wildman–Crippen LogP) is 2.13. The number of hydrogen-bond acceptors (Lipinski definition) is 4. The van der Waals surface area contributed by atoms with Gasteiger partial charge in [0.2, 0.25) is 0 Å². The van der Waals surface area contributed by atoms with E-state index < -0.39 is 0 Å². The summed E-state index contributed by atoms with van der Waals surface area (Å²) in [7, 11) is 0. The van der Waals surface area contributed by atoms with Gasteiger partial charge in [-0.15, -0.1) is 0 Å². The summed E-state index contributed by atoms with van der Waals surface area (Å²) in [5, 5.41) is 4.54. The van der Waals surface area contributed by atoms with Gasteiger partial charge in [0.1, 0.15) is 0 Å². The molecule has 106 valence electrons. The second-order valence-corrected chi connectivity index (χ2v) is 5.72. The number of fused-ring (bicyclic) bond motifs is 1. The van der Waals surface area contributed by atoms with E-state index >= 15 is 0 Å². The van der Waals surface area contributed by atoms with Crippen molar-refractivity contribution < 1.29 is 4.79 Å². The number of aromatic nitrogens is 3. The maximum Gasteiger partial charge on any atom is 0.166 e. The number of hydrogen-bond donors (Lipinski definition) is 0. The lowest BCUT2D eigenvalue weighted by Crippen LogP contribution is -2.38. The summed E-state index contributed by atoms with van der Waals surface area (Å²) < 4.78 is 1.72. The van der Waals surface area contributed by atoms with Crippen molar-refractivity contribution >= 4 is 11.9 Å². The number of pyridine rings is 1. The number of piperidine rings is 1. The molecule has 2 aromatic heterocycles. The van der Waals surface area contributed by atoms with Crippen molar-refractivity contribution in [2.45, 2.75) is 38.6 Å². The zero-order chi connectivity index (χ0) is 14.1. The molecule has 2 aromatic rings. The van der Waals surface area contributed by atoms with Gasteiger partial charge < -0.3 is 4.90 Å². The molecule has 0 atom stereocenters. The van der Waals surface area contributed by atoms with Crippen molar-refractivity contribution in [3.8, 4) is 0 Å². The molecule has 3 rings (SSSR count). The van der Waals surface area contributed by atoms with Gasteiger partial charge in [-0.3, -0.25) is 4.79 Å². The van der Waals surface area contributed by atoms with E-state index in [1.165, 1.54) is 0 Å². The largest absolute Gasteiger partial charge is 0.301 e. The SMILES string of the molecule is CC(C)N1CCC(c2nc3c(C=O)cccn3n2)CC1. The van der Waals surface area contributed by atoms with Crippen LogP contribution in [0.15, 0.2) is 18.3 Å². The second kappa shape index (κ2) is 5.32. The van der Waals surface area contributed by atoms with Crippen LogP contribution in [0.3, 0.4) is 0 Å². The Kier molecular flexibility index (Phi) is 3.53. The fourth-order valence-corrected chi connectivity index (χ4v) is 2.88. The molecule has 0 aromatic carbocycles. The summed E-state index contributed by atoms with van der Waals surface area (Å²) in [6, 6.07) is 4.21. The molecular formula is C15H20N4O. The van der Waals surface area contributed by atoms with Gasteiger partial charge in [0.05, 0.1) is 5.56 Å². The summed E-state index contributed by atoms with van der Waals surface area (Å²) in [6.45, 7) is 6.66. The Labute approximate surface area is 118 Å². The van der Waals surface area contributed by atoms with Crippen LogP contribution in [0.5, 0.6) is 0 Å². The molecule has 20 heavy (non-hydrogen) atoms. The third-order valence-electron chi connectivity index (χ3n) is 4.16. The van der Waals surface area contributed by atoms with Crippen LogP contribution in [0.2, 0.25) is 0 Å². The van der Waals surface area contributed by atoms with Crippen LogP contribution in [0.25, 0.3) is 5.65 Å². The number of nitrogens with zero attached hydrogens (tertiary/aromatic N) is 4. The second-order valence-electron chi connectivity index (χ2n) is 5.72. The summed E-state index contributed by atoms with van der Waals surface area (Å²) in [6.07, 6.45) is 4.87. The quantitative estimate of drug-likeness (QED) is 0.803. The van der Waals surface area contributed by atoms with E-state index in [1.54, 1.807) is 10.6 Å². The first-order chi connectivity index (χ1) is 9.69. The van der Waals surface area contributed by atoms with Crippen LogP contribution in [0.1, 0.15) is 48.8 Å². The summed E-state index contributed by atoms with van der Waals surface area (Å²) in [5.41, 5.74) is 1.27. The smallest absolute Gasteiger partial charge is 0.166 e. The first-order valence-corrected chi connectivity index (χ1v) is 7.23. The van der Waals surface area contributed by atoms with Crippen LogP contribution in [-0.2, 0) is 0 Å². The highest BCUT2D eigenvalue weighted by molar-refractivity contribution is 5.83. The minimum absolute atomic E-state index is 0.407. The van der Waals surface area contributed by atoms with Crippen LogP contribution in [0.4, 0.5) is 0 Å². The fraction of sp³-hybridized carbons (Fsp3) is 0.533. The Balaban J connectivity index is 1.83. The molecule has 0 bridgehead atoms. The van der Waals surface area contributed by atoms with Gasteiger partial charge in [-0.25, -0.2) is 9.50 Å². The number of carbonyl (C=O) groups excluding carboxylic acids is 1. The van der Waals surface area contributed by atoms with Crippen LogP contribution < -0.4 is 0 Å². The molecule has 1 aliphatic heterocycles. The molecule has 0 spiro atoms. The molecule has 1 fully saturated rings. The van der Waals surface area contributed by atoms with Gasteiger partial charge in [-0.1, -0.05) is 0 Å². The van der Waals surface area contributed by atoms with Crippen molar-refractivity contribution in [1.82, 2.24) is 19.5 Å². The molecular weight excluding hydrogens is 252 g/mol. The van der Waals surface area contributed by atoms with E-state index in [-0.39, 0.29) is 0 Å². The van der Waals surface area contributed by atoms with Gasteiger partial charge >= 0.3 is 0 Å². The molecule has 1 saturated heterocycles. The zero-order valence-electron chi connectivity index (χ0n) is 12.0. The Morgan fingerprint density at radius 2 is 2.10 bits per heavy atom. The molecule has 0 unspecified atom stereocenters. The van der Waals surface area contributed by atoms with Crippen LogP contribution >= 0.6 is 0 Å². The molecule has 0 saturated carbocycles. The lowest BCUT2D eigenvalue weighted by Gasteiger charge is -2.33. The standard InChI is InChI=1S/C15H20N4O/c1-11(2)18-8-5-12(6-9-18)14-16-15-13(10-20)4-3-7-19(15)17-14/h3-4,7,10-12H,5-6,8-9H2,1-2H3. The highest BCUT2D eigenvalue weighted by Gasteiger charge is 2.25. The maximum atomic E-state index is 11.0. The minimum Gasteiger partial charge on any atom is -0.301 e. The van der Waals surface area contributed by atoms with Crippen molar-refractivity contribution in [2.75, 3.05) is 13.1 Å². The molecule has 5 heteroatoms. The topological polar surface area (TPSA) is 50.5 Å². The van der Waals surface area contributed by atoms with E-state index in [0.29, 0.717) is 23.2 Å².